The molecule has 1 unspecified atom stereocenters. The third-order valence-electron chi connectivity index (χ3n) is 2.69. The number of nitrogens with two attached hydrogens (primary N) is 1. The maximum absolute atomic E-state index is 13.0. The SMILES string of the molecule is CC(C)C(N)C(=O)N(C)Cc1cccc(F)c1.Cl. The fourth-order valence-corrected chi connectivity index (χ4v) is 1.53. The van der Waals surface area contributed by atoms with Crippen LogP contribution in [0.15, 0.2) is 24.3 Å². The van der Waals surface area contributed by atoms with Gasteiger partial charge in [0.2, 0.25) is 5.91 Å². The fraction of sp³-hybridized carbons (Fsp3) is 0.462. The number of hydrogen-bond donors (Lipinski definition) is 1. The summed E-state index contributed by atoms with van der Waals surface area (Å²) in [6, 6.07) is 5.71. The first kappa shape index (κ1) is 16.9. The lowest BCUT2D eigenvalue weighted by atomic mass is 10.0. The van der Waals surface area contributed by atoms with Gasteiger partial charge in [-0.1, -0.05) is 26.0 Å². The van der Waals surface area contributed by atoms with E-state index in [0.29, 0.717) is 6.54 Å². The first-order valence-electron chi connectivity index (χ1n) is 5.67. The first-order valence-corrected chi connectivity index (χ1v) is 5.67. The summed E-state index contributed by atoms with van der Waals surface area (Å²) in [4.78, 5) is 13.4. The summed E-state index contributed by atoms with van der Waals surface area (Å²) in [6.45, 7) is 4.17. The first-order chi connectivity index (χ1) is 7.91. The van der Waals surface area contributed by atoms with Crippen LogP contribution in [0.4, 0.5) is 4.39 Å². The van der Waals surface area contributed by atoms with Crippen molar-refractivity contribution in [1.29, 1.82) is 0 Å². The molecule has 102 valence electrons. The van der Waals surface area contributed by atoms with Crippen LogP contribution in [0.1, 0.15) is 19.4 Å². The van der Waals surface area contributed by atoms with Crippen molar-refractivity contribution >= 4 is 18.3 Å². The Kier molecular flexibility index (Phi) is 6.88. The second-order valence-electron chi connectivity index (χ2n) is 4.59. The third-order valence-corrected chi connectivity index (χ3v) is 2.69. The molecule has 2 N–H and O–H groups in total. The predicted octanol–water partition coefficient (Wildman–Crippen LogP) is 2.19. The predicted molar refractivity (Wildman–Crippen MR) is 72.9 cm³/mol. The summed E-state index contributed by atoms with van der Waals surface area (Å²) in [5.74, 6) is -0.321. The van der Waals surface area contributed by atoms with Crippen molar-refractivity contribution in [2.24, 2.45) is 11.7 Å². The number of amides is 1. The van der Waals surface area contributed by atoms with Crippen molar-refractivity contribution in [3.05, 3.63) is 35.6 Å². The van der Waals surface area contributed by atoms with Gasteiger partial charge < -0.3 is 10.6 Å². The summed E-state index contributed by atoms with van der Waals surface area (Å²) in [5.41, 5.74) is 6.54. The molecular formula is C13H20ClFN2O. The average molecular weight is 275 g/mol. The minimum absolute atomic E-state index is 0. The van der Waals surface area contributed by atoms with Crippen LogP contribution in [0.25, 0.3) is 0 Å². The highest BCUT2D eigenvalue weighted by molar-refractivity contribution is 5.85. The number of carbonyl (C=O) groups is 1. The number of rotatable bonds is 4. The number of likely N-dealkylation sites (N-methyl/N-ethyl adjacent to an activating group) is 1. The van der Waals surface area contributed by atoms with E-state index in [1.807, 2.05) is 13.8 Å². The topological polar surface area (TPSA) is 46.3 Å². The van der Waals surface area contributed by atoms with Crippen LogP contribution in [0, 0.1) is 11.7 Å². The monoisotopic (exact) mass is 274 g/mol. The molecule has 0 radical (unpaired) electrons. The van der Waals surface area contributed by atoms with Crippen LogP contribution in [0.2, 0.25) is 0 Å². The molecule has 1 aromatic carbocycles. The van der Waals surface area contributed by atoms with Crippen LogP contribution < -0.4 is 5.73 Å². The molecule has 0 heterocycles. The van der Waals surface area contributed by atoms with E-state index in [0.717, 1.165) is 5.56 Å². The summed E-state index contributed by atoms with van der Waals surface area (Å²) >= 11 is 0. The van der Waals surface area contributed by atoms with Gasteiger partial charge in [-0.2, -0.15) is 0 Å². The molecule has 1 amide bonds. The minimum Gasteiger partial charge on any atom is -0.340 e. The number of hydrogen-bond acceptors (Lipinski definition) is 2. The zero-order valence-corrected chi connectivity index (χ0v) is 11.7. The zero-order chi connectivity index (χ0) is 13.0. The van der Waals surface area contributed by atoms with Crippen molar-refractivity contribution in [2.45, 2.75) is 26.4 Å². The highest BCUT2D eigenvalue weighted by Crippen LogP contribution is 2.09. The zero-order valence-electron chi connectivity index (χ0n) is 10.9. The van der Waals surface area contributed by atoms with Crippen molar-refractivity contribution in [3.8, 4) is 0 Å². The van der Waals surface area contributed by atoms with E-state index in [4.69, 9.17) is 5.73 Å². The Labute approximate surface area is 114 Å². The smallest absolute Gasteiger partial charge is 0.239 e. The second kappa shape index (κ2) is 7.34. The quantitative estimate of drug-likeness (QED) is 0.915. The third kappa shape index (κ3) is 4.63. The molecule has 18 heavy (non-hydrogen) atoms. The molecule has 0 aliphatic heterocycles. The van der Waals surface area contributed by atoms with Gasteiger partial charge in [-0.25, -0.2) is 4.39 Å². The largest absolute Gasteiger partial charge is 0.340 e. The lowest BCUT2D eigenvalue weighted by Crippen LogP contribution is -2.44. The fourth-order valence-electron chi connectivity index (χ4n) is 1.53. The van der Waals surface area contributed by atoms with E-state index < -0.39 is 6.04 Å². The van der Waals surface area contributed by atoms with Crippen molar-refractivity contribution in [1.82, 2.24) is 4.90 Å². The van der Waals surface area contributed by atoms with Gasteiger partial charge >= 0.3 is 0 Å². The van der Waals surface area contributed by atoms with E-state index in [1.165, 1.54) is 17.0 Å². The van der Waals surface area contributed by atoms with Gasteiger partial charge in [-0.15, -0.1) is 12.4 Å². The number of nitrogens with zero attached hydrogens (tertiary/aromatic N) is 1. The van der Waals surface area contributed by atoms with Gasteiger partial charge in [0.1, 0.15) is 5.82 Å². The van der Waals surface area contributed by atoms with Gasteiger partial charge in [0.15, 0.2) is 0 Å². The Bertz CT molecular complexity index is 398. The molecule has 0 spiro atoms. The average Bonchev–Trinajstić information content (AvgIpc) is 2.26. The standard InChI is InChI=1S/C13H19FN2O.ClH/c1-9(2)12(15)13(17)16(3)8-10-5-4-6-11(14)7-10;/h4-7,9,12H,8,15H2,1-3H3;1H. The Morgan fingerprint density at radius 2 is 2.06 bits per heavy atom. The minimum atomic E-state index is -0.506. The van der Waals surface area contributed by atoms with E-state index in [2.05, 4.69) is 0 Å². The Morgan fingerprint density at radius 1 is 1.44 bits per heavy atom. The van der Waals surface area contributed by atoms with E-state index >= 15 is 0 Å². The molecule has 5 heteroatoms. The van der Waals surface area contributed by atoms with Crippen molar-refractivity contribution in [2.75, 3.05) is 7.05 Å². The molecule has 0 saturated heterocycles. The molecule has 0 aromatic heterocycles. The molecule has 0 bridgehead atoms. The van der Waals surface area contributed by atoms with Crippen molar-refractivity contribution < 1.29 is 9.18 Å². The molecular weight excluding hydrogens is 255 g/mol. The number of benzene rings is 1. The molecule has 1 rings (SSSR count). The molecule has 3 nitrogen and oxygen atoms in total. The molecule has 0 aliphatic carbocycles. The Morgan fingerprint density at radius 3 is 2.56 bits per heavy atom. The van der Waals surface area contributed by atoms with E-state index in [9.17, 15) is 9.18 Å². The maximum atomic E-state index is 13.0. The highest BCUT2D eigenvalue weighted by atomic mass is 35.5. The molecule has 1 atom stereocenters. The van der Waals surface area contributed by atoms with Crippen LogP contribution in [0.3, 0.4) is 0 Å². The molecule has 0 fully saturated rings. The molecule has 0 saturated carbocycles. The Hall–Kier alpha value is -1.13. The van der Waals surface area contributed by atoms with Crippen molar-refractivity contribution in [3.63, 3.8) is 0 Å². The van der Waals surface area contributed by atoms with Crippen LogP contribution in [-0.2, 0) is 11.3 Å². The van der Waals surface area contributed by atoms with Gasteiger partial charge in [-0.05, 0) is 23.6 Å². The molecule has 0 aliphatic rings. The van der Waals surface area contributed by atoms with E-state index in [-0.39, 0.29) is 30.0 Å². The van der Waals surface area contributed by atoms with Gasteiger partial charge in [-0.3, -0.25) is 4.79 Å². The number of halogens is 2. The summed E-state index contributed by atoms with van der Waals surface area (Å²) < 4.78 is 13.0. The van der Waals surface area contributed by atoms with Crippen LogP contribution >= 0.6 is 12.4 Å². The summed E-state index contributed by atoms with van der Waals surface area (Å²) in [6.07, 6.45) is 0. The maximum Gasteiger partial charge on any atom is 0.239 e. The van der Waals surface area contributed by atoms with Crippen LogP contribution in [0.5, 0.6) is 0 Å². The lowest BCUT2D eigenvalue weighted by molar-refractivity contribution is -0.132. The normalized spacial score (nSPS) is 11.9. The number of carbonyl (C=O) groups excluding carboxylic acids is 1. The van der Waals surface area contributed by atoms with Gasteiger partial charge in [0, 0.05) is 13.6 Å². The molecule has 1 aromatic rings. The Balaban J connectivity index is 0.00000289. The van der Waals surface area contributed by atoms with Gasteiger partial charge in [0.05, 0.1) is 6.04 Å². The summed E-state index contributed by atoms with van der Waals surface area (Å²) in [5, 5.41) is 0. The lowest BCUT2D eigenvalue weighted by Gasteiger charge is -2.23. The van der Waals surface area contributed by atoms with Crippen LogP contribution in [-0.4, -0.2) is 23.9 Å². The highest BCUT2D eigenvalue weighted by Gasteiger charge is 2.20. The second-order valence-corrected chi connectivity index (χ2v) is 4.59. The van der Waals surface area contributed by atoms with Gasteiger partial charge in [0.25, 0.3) is 0 Å². The van der Waals surface area contributed by atoms with E-state index in [1.54, 1.807) is 19.2 Å². The summed E-state index contributed by atoms with van der Waals surface area (Å²) in [7, 11) is 1.68.